The summed E-state index contributed by atoms with van der Waals surface area (Å²) in [5, 5.41) is 2.77. The Morgan fingerprint density at radius 3 is 2.84 bits per heavy atom. The normalized spacial score (nSPS) is 19.4. The topological polar surface area (TPSA) is 49.4 Å². The lowest BCUT2D eigenvalue weighted by molar-refractivity contribution is -0.135. The number of amides is 2. The molecule has 0 radical (unpaired) electrons. The molecule has 0 aromatic rings. The van der Waals surface area contributed by atoms with Crippen LogP contribution in [-0.2, 0) is 9.59 Å². The zero-order chi connectivity index (χ0) is 14.4. The van der Waals surface area contributed by atoms with E-state index in [-0.39, 0.29) is 17.9 Å². The van der Waals surface area contributed by atoms with Crippen LogP contribution in [0.15, 0.2) is 22.7 Å². The van der Waals surface area contributed by atoms with Crippen molar-refractivity contribution in [3.05, 3.63) is 22.7 Å². The third-order valence-corrected chi connectivity index (χ3v) is 4.04. The molecule has 1 fully saturated rings. The molecule has 19 heavy (non-hydrogen) atoms. The molecule has 0 spiro atoms. The van der Waals surface area contributed by atoms with Crippen LogP contribution in [0.2, 0.25) is 0 Å². The van der Waals surface area contributed by atoms with Crippen LogP contribution >= 0.6 is 27.7 Å². The van der Waals surface area contributed by atoms with Crippen LogP contribution in [0.4, 0.5) is 0 Å². The average molecular weight is 347 g/mol. The van der Waals surface area contributed by atoms with Crippen LogP contribution < -0.4 is 5.32 Å². The number of hydrogen-bond acceptors (Lipinski definition) is 3. The van der Waals surface area contributed by atoms with Gasteiger partial charge >= 0.3 is 0 Å². The lowest BCUT2D eigenvalue weighted by Crippen LogP contribution is -2.47. The molecule has 1 unspecified atom stereocenters. The van der Waals surface area contributed by atoms with Gasteiger partial charge in [0.05, 0.1) is 5.88 Å². The van der Waals surface area contributed by atoms with Crippen molar-refractivity contribution in [2.24, 2.45) is 0 Å². The van der Waals surface area contributed by atoms with E-state index in [0.717, 1.165) is 6.42 Å². The number of nitrogens with zero attached hydrogens (tertiary/aromatic N) is 1. The molecule has 1 aliphatic heterocycles. The third-order valence-electron chi connectivity index (χ3n) is 2.75. The van der Waals surface area contributed by atoms with Crippen LogP contribution in [0, 0.1) is 0 Å². The molecule has 6 heteroatoms. The molecule has 2 amide bonds. The Balaban J connectivity index is 2.68. The van der Waals surface area contributed by atoms with Crippen LogP contribution in [0.1, 0.15) is 20.3 Å². The van der Waals surface area contributed by atoms with E-state index in [2.05, 4.69) is 27.8 Å². The van der Waals surface area contributed by atoms with Gasteiger partial charge in [-0.15, -0.1) is 11.8 Å². The van der Waals surface area contributed by atoms with Crippen LogP contribution in [0.25, 0.3) is 0 Å². The van der Waals surface area contributed by atoms with E-state index in [1.54, 1.807) is 23.6 Å². The van der Waals surface area contributed by atoms with Crippen LogP contribution in [0.3, 0.4) is 0 Å². The van der Waals surface area contributed by atoms with Crippen molar-refractivity contribution < 1.29 is 9.59 Å². The van der Waals surface area contributed by atoms with E-state index in [0.29, 0.717) is 28.2 Å². The number of carbonyl (C=O) groups excluding carboxylic acids is 2. The number of nitrogens with one attached hydrogen (secondary N) is 1. The molecule has 1 saturated heterocycles. The molecule has 1 N–H and O–H groups in total. The molecular weight excluding hydrogens is 328 g/mol. The molecule has 0 bridgehead atoms. The van der Waals surface area contributed by atoms with Gasteiger partial charge in [-0.2, -0.15) is 0 Å². The summed E-state index contributed by atoms with van der Waals surface area (Å²) in [5.41, 5.74) is 0.702. The second-order valence-corrected chi connectivity index (χ2v) is 6.44. The molecule has 0 aromatic carbocycles. The van der Waals surface area contributed by atoms with Crippen molar-refractivity contribution in [3.63, 3.8) is 0 Å². The first kappa shape index (κ1) is 16.3. The average Bonchev–Trinajstić information content (AvgIpc) is 2.84. The third kappa shape index (κ3) is 4.69. The highest BCUT2D eigenvalue weighted by Crippen LogP contribution is 2.23. The van der Waals surface area contributed by atoms with Gasteiger partial charge in [-0.1, -0.05) is 35.5 Å². The molecule has 4 nitrogen and oxygen atoms in total. The van der Waals surface area contributed by atoms with E-state index in [9.17, 15) is 9.59 Å². The molecule has 0 aliphatic carbocycles. The summed E-state index contributed by atoms with van der Waals surface area (Å²) >= 11 is 4.79. The standard InChI is InChI=1S/C13H19BrN2O2S/c1-4-5-9(2)13(18)16-8-19-7-11(16)12(17)15-6-10(3)14/h5,11H,3-4,6-8H2,1-2H3,(H,15,17)/b9-5+. The largest absolute Gasteiger partial charge is 0.350 e. The van der Waals surface area contributed by atoms with Gasteiger partial charge in [0, 0.05) is 22.4 Å². The van der Waals surface area contributed by atoms with Crippen LogP contribution in [0.5, 0.6) is 0 Å². The van der Waals surface area contributed by atoms with Gasteiger partial charge in [0.2, 0.25) is 5.91 Å². The van der Waals surface area contributed by atoms with Crippen molar-refractivity contribution in [1.29, 1.82) is 0 Å². The summed E-state index contributed by atoms with van der Waals surface area (Å²) in [5.74, 6) is 1.04. The quantitative estimate of drug-likeness (QED) is 0.777. The second-order valence-electron chi connectivity index (χ2n) is 4.32. The highest BCUT2D eigenvalue weighted by molar-refractivity contribution is 9.11. The summed E-state index contributed by atoms with van der Waals surface area (Å²) in [6.07, 6.45) is 2.71. The fourth-order valence-electron chi connectivity index (χ4n) is 1.78. The predicted octanol–water partition coefficient (Wildman–Crippen LogP) is 2.27. The first-order valence-electron chi connectivity index (χ1n) is 6.13. The zero-order valence-electron chi connectivity index (χ0n) is 11.2. The Bertz CT molecular complexity index is 409. The van der Waals surface area contributed by atoms with E-state index in [4.69, 9.17) is 0 Å². The fraction of sp³-hybridized carbons (Fsp3) is 0.538. The lowest BCUT2D eigenvalue weighted by Gasteiger charge is -2.23. The molecule has 0 saturated carbocycles. The van der Waals surface area contributed by atoms with E-state index >= 15 is 0 Å². The zero-order valence-corrected chi connectivity index (χ0v) is 13.6. The first-order chi connectivity index (χ1) is 8.97. The highest BCUT2D eigenvalue weighted by atomic mass is 79.9. The minimum atomic E-state index is -0.385. The van der Waals surface area contributed by atoms with Crippen molar-refractivity contribution in [2.75, 3.05) is 18.2 Å². The van der Waals surface area contributed by atoms with Crippen LogP contribution in [-0.4, -0.2) is 40.9 Å². The maximum atomic E-state index is 12.2. The Kier molecular flexibility index (Phi) is 6.65. The number of carbonyl (C=O) groups is 2. The maximum absolute atomic E-state index is 12.2. The second kappa shape index (κ2) is 7.75. The summed E-state index contributed by atoms with van der Waals surface area (Å²) in [6, 6.07) is -0.385. The van der Waals surface area contributed by atoms with E-state index in [1.807, 2.05) is 13.0 Å². The molecular formula is C13H19BrN2O2S. The minimum Gasteiger partial charge on any atom is -0.350 e. The summed E-state index contributed by atoms with van der Waals surface area (Å²) in [7, 11) is 0. The Hall–Kier alpha value is -0.750. The number of allylic oxidation sites excluding steroid dienone is 1. The van der Waals surface area contributed by atoms with Gasteiger partial charge in [0.15, 0.2) is 0 Å². The predicted molar refractivity (Wildman–Crippen MR) is 83.1 cm³/mol. The van der Waals surface area contributed by atoms with Crippen molar-refractivity contribution in [3.8, 4) is 0 Å². The number of hydrogen-bond donors (Lipinski definition) is 1. The molecule has 1 aliphatic rings. The van der Waals surface area contributed by atoms with Crippen molar-refractivity contribution in [2.45, 2.75) is 26.3 Å². The number of thioether (sulfide) groups is 1. The number of rotatable bonds is 5. The number of halogens is 1. The van der Waals surface area contributed by atoms with E-state index < -0.39 is 0 Å². The summed E-state index contributed by atoms with van der Waals surface area (Å²) in [6.45, 7) is 7.83. The molecule has 106 valence electrons. The maximum Gasteiger partial charge on any atom is 0.250 e. The molecule has 1 heterocycles. The SMILES string of the molecule is C=C(Br)CNC(=O)C1CSCN1C(=O)/C(C)=C/CC. The van der Waals surface area contributed by atoms with Gasteiger partial charge in [-0.05, 0) is 13.3 Å². The summed E-state index contributed by atoms with van der Waals surface area (Å²) in [4.78, 5) is 25.9. The van der Waals surface area contributed by atoms with E-state index in [1.165, 1.54) is 0 Å². The highest BCUT2D eigenvalue weighted by Gasteiger charge is 2.34. The van der Waals surface area contributed by atoms with Crippen molar-refractivity contribution in [1.82, 2.24) is 10.2 Å². The smallest absolute Gasteiger partial charge is 0.250 e. The Morgan fingerprint density at radius 1 is 1.58 bits per heavy atom. The van der Waals surface area contributed by atoms with Gasteiger partial charge in [-0.3, -0.25) is 9.59 Å². The molecule has 1 atom stereocenters. The van der Waals surface area contributed by atoms with Gasteiger partial charge < -0.3 is 10.2 Å². The van der Waals surface area contributed by atoms with Gasteiger partial charge in [0.25, 0.3) is 5.91 Å². The monoisotopic (exact) mass is 346 g/mol. The van der Waals surface area contributed by atoms with Gasteiger partial charge in [0.1, 0.15) is 6.04 Å². The molecule has 0 aromatic heterocycles. The van der Waals surface area contributed by atoms with Crippen molar-refractivity contribution >= 4 is 39.5 Å². The first-order valence-corrected chi connectivity index (χ1v) is 8.08. The Morgan fingerprint density at radius 2 is 2.26 bits per heavy atom. The lowest BCUT2D eigenvalue weighted by atomic mass is 10.2. The Labute approximate surface area is 126 Å². The minimum absolute atomic E-state index is 0.0512. The van der Waals surface area contributed by atoms with Gasteiger partial charge in [-0.25, -0.2) is 0 Å². The molecule has 1 rings (SSSR count). The summed E-state index contributed by atoms with van der Waals surface area (Å²) < 4.78 is 0.714. The fourth-order valence-corrected chi connectivity index (χ4v) is 3.07.